The second-order valence-electron chi connectivity index (χ2n) is 13.1. The van der Waals surface area contributed by atoms with Crippen LogP contribution in [0.1, 0.15) is 44.2 Å². The summed E-state index contributed by atoms with van der Waals surface area (Å²) >= 11 is 0. The number of aliphatic hydroxyl groups is 1. The zero-order valence-electron chi connectivity index (χ0n) is 24.8. The number of ether oxygens (including phenoxy) is 3. The number of alkyl carbamates (subject to hydrolysis) is 1. The molecule has 2 bridgehead atoms. The van der Waals surface area contributed by atoms with E-state index in [0.29, 0.717) is 19.6 Å². The van der Waals surface area contributed by atoms with Crippen LogP contribution in [0.5, 0.6) is 0 Å². The molecule has 10 nitrogen and oxygen atoms in total. The summed E-state index contributed by atoms with van der Waals surface area (Å²) in [5.74, 6) is 0.441. The van der Waals surface area contributed by atoms with Crippen molar-refractivity contribution in [3.05, 3.63) is 65.7 Å². The molecule has 1 amide bonds. The molecular weight excluding hydrogens is 570 g/mol. The highest BCUT2D eigenvalue weighted by Crippen LogP contribution is 2.49. The van der Waals surface area contributed by atoms with Crippen molar-refractivity contribution >= 4 is 16.1 Å². The minimum atomic E-state index is -3.94. The Labute approximate surface area is 253 Å². The predicted molar refractivity (Wildman–Crippen MR) is 159 cm³/mol. The molecule has 234 valence electrons. The lowest BCUT2D eigenvalue weighted by atomic mass is 9.98. The van der Waals surface area contributed by atoms with Gasteiger partial charge < -0.3 is 30.4 Å². The van der Waals surface area contributed by atoms with Gasteiger partial charge in [0, 0.05) is 36.4 Å². The number of aliphatic hydroxyl groups excluding tert-OH is 1. The molecule has 0 spiro atoms. The van der Waals surface area contributed by atoms with Crippen molar-refractivity contribution in [3.8, 4) is 0 Å². The quantitative estimate of drug-likeness (QED) is 0.332. The van der Waals surface area contributed by atoms with E-state index >= 15 is 0 Å². The molecule has 2 aliphatic heterocycles. The zero-order valence-corrected chi connectivity index (χ0v) is 25.6. The van der Waals surface area contributed by atoms with Crippen LogP contribution in [0.3, 0.4) is 0 Å². The third kappa shape index (κ3) is 6.48. The van der Waals surface area contributed by atoms with Gasteiger partial charge in [-0.3, -0.25) is 0 Å². The maximum atomic E-state index is 13.8. The number of sulfonamides is 1. The number of amides is 1. The summed E-state index contributed by atoms with van der Waals surface area (Å²) in [5.41, 5.74) is 7.75. The largest absolute Gasteiger partial charge is 0.445 e. The van der Waals surface area contributed by atoms with Gasteiger partial charge in [-0.05, 0) is 54.9 Å². The normalized spacial score (nSPS) is 28.6. The number of rotatable bonds is 12. The van der Waals surface area contributed by atoms with Gasteiger partial charge in [0.2, 0.25) is 10.0 Å². The molecule has 7 atom stereocenters. The number of benzene rings is 2. The first kappa shape index (κ1) is 30.5. The molecule has 2 heterocycles. The van der Waals surface area contributed by atoms with Gasteiger partial charge in [-0.25, -0.2) is 13.2 Å². The SMILES string of the molecule is CC(C)CN(C[C@@H](O)[C@H](Cc1ccccc1)NC(=O)OC1C2COC3OCC1C3C2)S(=O)(=O)c1ccc(C2(N)CC2)cc1. The van der Waals surface area contributed by atoms with Crippen LogP contribution in [0.2, 0.25) is 0 Å². The van der Waals surface area contributed by atoms with Crippen LogP contribution in [0.15, 0.2) is 59.5 Å². The van der Waals surface area contributed by atoms with Crippen molar-refractivity contribution in [2.75, 3.05) is 26.3 Å². The first-order valence-corrected chi connectivity index (χ1v) is 16.8. The Balaban J connectivity index is 1.18. The summed E-state index contributed by atoms with van der Waals surface area (Å²) in [6.45, 7) is 4.86. The lowest BCUT2D eigenvalue weighted by molar-refractivity contribution is -0.169. The number of nitrogens with zero attached hydrogens (tertiary/aromatic N) is 1. The van der Waals surface area contributed by atoms with Gasteiger partial charge in [0.15, 0.2) is 6.29 Å². The van der Waals surface area contributed by atoms with Crippen molar-refractivity contribution in [1.82, 2.24) is 9.62 Å². The zero-order chi connectivity index (χ0) is 30.4. The molecule has 2 saturated carbocycles. The number of nitrogens with two attached hydrogens (primary N) is 1. The Morgan fingerprint density at radius 3 is 2.44 bits per heavy atom. The molecule has 43 heavy (non-hydrogen) atoms. The van der Waals surface area contributed by atoms with Gasteiger partial charge >= 0.3 is 6.09 Å². The summed E-state index contributed by atoms with van der Waals surface area (Å²) < 4.78 is 46.5. The van der Waals surface area contributed by atoms with Crippen molar-refractivity contribution in [2.45, 2.75) is 74.5 Å². The molecule has 2 aromatic carbocycles. The molecule has 4 aliphatic rings. The van der Waals surface area contributed by atoms with E-state index in [1.54, 1.807) is 24.3 Å². The first-order chi connectivity index (χ1) is 20.5. The fraction of sp³-hybridized carbons (Fsp3) is 0.594. The minimum absolute atomic E-state index is 0.00641. The van der Waals surface area contributed by atoms with E-state index in [4.69, 9.17) is 19.9 Å². The van der Waals surface area contributed by atoms with Gasteiger partial charge in [-0.1, -0.05) is 56.3 Å². The molecule has 2 aliphatic carbocycles. The van der Waals surface area contributed by atoms with Crippen LogP contribution in [0.25, 0.3) is 0 Å². The molecular formula is C32H43N3O7S. The molecule has 4 fully saturated rings. The molecule has 0 radical (unpaired) electrons. The van der Waals surface area contributed by atoms with Gasteiger partial charge in [-0.15, -0.1) is 0 Å². The monoisotopic (exact) mass is 613 g/mol. The maximum Gasteiger partial charge on any atom is 0.407 e. The van der Waals surface area contributed by atoms with E-state index in [1.165, 1.54) is 4.31 Å². The smallest absolute Gasteiger partial charge is 0.407 e. The number of fused-ring (bicyclic) bond motifs is 1. The van der Waals surface area contributed by atoms with Crippen LogP contribution in [-0.4, -0.2) is 74.8 Å². The standard InChI is InChI=1S/C32H43N3O7S/c1-20(2)16-35(43(38,39)24-10-8-23(9-11-24)32(33)12-13-32)17-28(36)27(14-21-6-4-3-5-7-21)34-31(37)42-29-22-15-25-26(29)19-41-30(25)40-18-22/h3-11,20,22,25-30,36H,12-19,33H2,1-2H3,(H,34,37)/t22?,25?,26?,27-,28+,29?,30?/m0/s1. The van der Waals surface area contributed by atoms with Gasteiger partial charge in [0.1, 0.15) is 6.10 Å². The number of nitrogens with one attached hydrogen (secondary N) is 1. The van der Waals surface area contributed by atoms with Crippen LogP contribution >= 0.6 is 0 Å². The summed E-state index contributed by atoms with van der Waals surface area (Å²) in [4.78, 5) is 13.4. The number of carbonyl (C=O) groups excluding carboxylic acids is 1. The van der Waals surface area contributed by atoms with Crippen molar-refractivity contribution in [3.63, 3.8) is 0 Å². The van der Waals surface area contributed by atoms with Crippen LogP contribution in [0.4, 0.5) is 4.79 Å². The second-order valence-corrected chi connectivity index (χ2v) is 15.1. The van der Waals surface area contributed by atoms with Crippen LogP contribution in [0, 0.1) is 23.7 Å². The minimum Gasteiger partial charge on any atom is -0.445 e. The molecule has 4 N–H and O–H groups in total. The molecule has 5 unspecified atom stereocenters. The Kier molecular flexibility index (Phi) is 8.58. The predicted octanol–water partition coefficient (Wildman–Crippen LogP) is 2.99. The Morgan fingerprint density at radius 2 is 1.77 bits per heavy atom. The summed E-state index contributed by atoms with van der Waals surface area (Å²) in [7, 11) is -3.94. The Bertz CT molecular complexity index is 1380. The van der Waals surface area contributed by atoms with Crippen molar-refractivity contribution in [2.24, 2.45) is 29.4 Å². The fourth-order valence-electron chi connectivity index (χ4n) is 6.85. The topological polar surface area (TPSA) is 140 Å². The van der Waals surface area contributed by atoms with E-state index in [1.807, 2.05) is 44.2 Å². The maximum absolute atomic E-state index is 13.8. The Hall–Kier alpha value is -2.54. The molecule has 11 heteroatoms. The van der Waals surface area contributed by atoms with E-state index in [9.17, 15) is 18.3 Å². The third-order valence-electron chi connectivity index (χ3n) is 9.41. The lowest BCUT2D eigenvalue weighted by Gasteiger charge is -2.31. The van der Waals surface area contributed by atoms with E-state index in [0.717, 1.165) is 30.4 Å². The average molecular weight is 614 g/mol. The van der Waals surface area contributed by atoms with Crippen LogP contribution in [-0.2, 0) is 36.2 Å². The molecule has 2 saturated heterocycles. The summed E-state index contributed by atoms with van der Waals surface area (Å²) in [6, 6.07) is 15.4. The van der Waals surface area contributed by atoms with E-state index in [2.05, 4.69) is 5.32 Å². The highest BCUT2D eigenvalue weighted by Gasteiger charge is 2.56. The summed E-state index contributed by atoms with van der Waals surface area (Å²) in [6.07, 6.45) is 0.584. The van der Waals surface area contributed by atoms with Crippen LogP contribution < -0.4 is 11.1 Å². The average Bonchev–Trinajstić information content (AvgIpc) is 3.50. The van der Waals surface area contributed by atoms with Gasteiger partial charge in [-0.2, -0.15) is 4.31 Å². The van der Waals surface area contributed by atoms with Crippen molar-refractivity contribution < 1.29 is 32.5 Å². The van der Waals surface area contributed by atoms with Gasteiger partial charge in [0.25, 0.3) is 0 Å². The van der Waals surface area contributed by atoms with Crippen molar-refractivity contribution in [1.29, 1.82) is 0 Å². The van der Waals surface area contributed by atoms with E-state index < -0.39 is 28.3 Å². The lowest BCUT2D eigenvalue weighted by Crippen LogP contribution is -2.52. The first-order valence-electron chi connectivity index (χ1n) is 15.4. The van der Waals surface area contributed by atoms with Gasteiger partial charge in [0.05, 0.1) is 30.3 Å². The highest BCUT2D eigenvalue weighted by atomic mass is 32.2. The molecule has 6 rings (SSSR count). The third-order valence-corrected chi connectivity index (χ3v) is 11.3. The van der Waals surface area contributed by atoms with E-state index in [-0.39, 0.29) is 59.6 Å². The summed E-state index contributed by atoms with van der Waals surface area (Å²) in [5, 5.41) is 14.4. The second kappa shape index (κ2) is 12.1. The number of hydrogen-bond acceptors (Lipinski definition) is 8. The molecule has 0 aromatic heterocycles. The number of hydrogen-bond donors (Lipinski definition) is 3. The Morgan fingerprint density at radius 1 is 1.07 bits per heavy atom. The fourth-order valence-corrected chi connectivity index (χ4v) is 8.48. The number of carbonyl (C=O) groups is 1. The molecule has 2 aromatic rings. The highest BCUT2D eigenvalue weighted by molar-refractivity contribution is 7.89.